The molecule has 0 spiro atoms. The van der Waals surface area contributed by atoms with Gasteiger partial charge in [-0.15, -0.1) is 11.8 Å². The van der Waals surface area contributed by atoms with Gasteiger partial charge in [-0.25, -0.2) is 0 Å². The Kier molecular flexibility index (Phi) is 27.2. The van der Waals surface area contributed by atoms with Gasteiger partial charge in [0.2, 0.25) is 0 Å². The van der Waals surface area contributed by atoms with E-state index in [0.717, 1.165) is 13.2 Å². The minimum atomic E-state index is -1.04. The van der Waals surface area contributed by atoms with Gasteiger partial charge in [0.1, 0.15) is 0 Å². The van der Waals surface area contributed by atoms with E-state index in [0.29, 0.717) is 6.29 Å². The molecule has 0 bridgehead atoms. The molecule has 0 unspecified atom stereocenters. The predicted octanol–water partition coefficient (Wildman–Crippen LogP) is -2.12. The molecule has 0 aliphatic carbocycles. The van der Waals surface area contributed by atoms with Crippen LogP contribution in [0.25, 0.3) is 0 Å². The molecule has 0 radical (unpaired) electrons. The van der Waals surface area contributed by atoms with Crippen molar-refractivity contribution in [3.63, 3.8) is 0 Å². The first-order valence-electron chi connectivity index (χ1n) is 6.28. The Morgan fingerprint density at radius 2 is 1.43 bits per heavy atom. The van der Waals surface area contributed by atoms with Crippen molar-refractivity contribution in [1.82, 2.24) is 0 Å². The Morgan fingerprint density at radius 1 is 1.00 bits per heavy atom. The number of rotatable bonds is 1. The van der Waals surface area contributed by atoms with E-state index in [9.17, 15) is 4.79 Å². The SMILES string of the molecule is C1CCOC1.CC#CC=O.CC#C[C@@H](O)[C@@H](O)C#CC.[H-].[K+]. The molecule has 1 aliphatic heterocycles. The van der Waals surface area contributed by atoms with E-state index in [-0.39, 0.29) is 52.8 Å². The number of hydrogen-bond acceptors (Lipinski definition) is 4. The van der Waals surface area contributed by atoms with Crippen LogP contribution < -0.4 is 51.4 Å². The van der Waals surface area contributed by atoms with Crippen LogP contribution in [0, 0.1) is 35.5 Å². The first-order chi connectivity index (χ1) is 9.63. The van der Waals surface area contributed by atoms with Crippen LogP contribution >= 0.6 is 0 Å². The van der Waals surface area contributed by atoms with Crippen LogP contribution in [-0.4, -0.2) is 41.9 Å². The van der Waals surface area contributed by atoms with Gasteiger partial charge in [-0.3, -0.25) is 4.79 Å². The number of carbonyl (C=O) groups excluding carboxylic acids is 1. The summed E-state index contributed by atoms with van der Waals surface area (Å²) in [6.45, 7) is 6.80. The topological polar surface area (TPSA) is 66.8 Å². The quantitative estimate of drug-likeness (QED) is 0.329. The summed E-state index contributed by atoms with van der Waals surface area (Å²) in [5.41, 5.74) is 0. The Bertz CT molecular complexity index is 385. The summed E-state index contributed by atoms with van der Waals surface area (Å²) in [6, 6.07) is 0. The third-order valence-corrected chi connectivity index (χ3v) is 1.91. The van der Waals surface area contributed by atoms with E-state index < -0.39 is 12.2 Å². The standard InChI is InChI=1S/C8H10O2.C4H8O.C4H4O.K.H/c1-3-5-7(9)8(10)6-4-2;1-2-4-5-3-1;1-2-3-4-5;;/h7-10H,1-2H3;1-4H2;4H,1H3;;/q;;;+1;-1/t7-,8+;;;;. The van der Waals surface area contributed by atoms with Gasteiger partial charge in [-0.05, 0) is 39.5 Å². The molecule has 1 heterocycles. The fourth-order valence-corrected chi connectivity index (χ4v) is 1.02. The fraction of sp³-hybridized carbons (Fsp3) is 0.562. The van der Waals surface area contributed by atoms with Gasteiger partial charge >= 0.3 is 51.4 Å². The van der Waals surface area contributed by atoms with Crippen molar-refractivity contribution in [3.05, 3.63) is 0 Å². The zero-order valence-electron chi connectivity index (χ0n) is 14.3. The number of ether oxygens (including phenoxy) is 1. The second-order valence-electron chi connectivity index (χ2n) is 3.51. The Morgan fingerprint density at radius 3 is 1.57 bits per heavy atom. The molecular formula is C16H23KO4. The predicted molar refractivity (Wildman–Crippen MR) is 79.6 cm³/mol. The van der Waals surface area contributed by atoms with Crippen LogP contribution in [0.1, 0.15) is 35.0 Å². The van der Waals surface area contributed by atoms with Gasteiger partial charge in [0, 0.05) is 13.2 Å². The van der Waals surface area contributed by atoms with Crippen LogP contribution in [0.2, 0.25) is 0 Å². The maximum Gasteiger partial charge on any atom is 1.00 e. The number of aliphatic hydroxyl groups excluding tert-OH is 2. The summed E-state index contributed by atoms with van der Waals surface area (Å²) in [5, 5.41) is 17.8. The minimum absolute atomic E-state index is 0. The third kappa shape index (κ3) is 22.3. The number of aliphatic hydroxyl groups is 2. The van der Waals surface area contributed by atoms with Gasteiger partial charge < -0.3 is 16.4 Å². The van der Waals surface area contributed by atoms with Crippen molar-refractivity contribution in [2.24, 2.45) is 0 Å². The Hall–Kier alpha value is -0.134. The number of hydrogen-bond donors (Lipinski definition) is 2. The average molecular weight is 318 g/mol. The molecule has 1 rings (SSSR count). The molecular weight excluding hydrogens is 295 g/mol. The summed E-state index contributed by atoms with van der Waals surface area (Å²) < 4.78 is 4.94. The van der Waals surface area contributed by atoms with Crippen molar-refractivity contribution in [3.8, 4) is 35.5 Å². The van der Waals surface area contributed by atoms with E-state index in [4.69, 9.17) is 14.9 Å². The second-order valence-corrected chi connectivity index (χ2v) is 3.51. The molecule has 0 saturated carbocycles. The van der Waals surface area contributed by atoms with E-state index in [1.807, 2.05) is 0 Å². The molecule has 0 aromatic heterocycles. The molecule has 5 heteroatoms. The minimum Gasteiger partial charge on any atom is -1.00 e. The van der Waals surface area contributed by atoms with Gasteiger partial charge in [-0.1, -0.05) is 17.8 Å². The average Bonchev–Trinajstić information content (AvgIpc) is 3.00. The first-order valence-corrected chi connectivity index (χ1v) is 6.28. The molecule has 1 fully saturated rings. The normalized spacial score (nSPS) is 13.2. The number of carbonyl (C=O) groups is 1. The summed E-state index contributed by atoms with van der Waals surface area (Å²) in [6.07, 6.45) is 1.04. The van der Waals surface area contributed by atoms with Crippen molar-refractivity contribution in [2.75, 3.05) is 13.2 Å². The first kappa shape index (κ1) is 25.8. The second kappa shape index (κ2) is 22.2. The van der Waals surface area contributed by atoms with Gasteiger partial charge in [0.15, 0.2) is 18.5 Å². The Balaban J connectivity index is -0.000000115. The zero-order chi connectivity index (χ0) is 15.6. The molecule has 21 heavy (non-hydrogen) atoms. The van der Waals surface area contributed by atoms with Crippen molar-refractivity contribution < 1.29 is 72.6 Å². The summed E-state index contributed by atoms with van der Waals surface area (Å²) in [5.74, 6) is 14.3. The molecule has 112 valence electrons. The van der Waals surface area contributed by atoms with E-state index in [2.05, 4.69) is 35.5 Å². The maximum atomic E-state index is 9.23. The summed E-state index contributed by atoms with van der Waals surface area (Å²) in [7, 11) is 0. The van der Waals surface area contributed by atoms with Crippen molar-refractivity contribution >= 4 is 6.29 Å². The third-order valence-electron chi connectivity index (χ3n) is 1.91. The van der Waals surface area contributed by atoms with Crippen LogP contribution in [0.15, 0.2) is 0 Å². The van der Waals surface area contributed by atoms with Gasteiger partial charge in [-0.2, -0.15) is 0 Å². The molecule has 0 aromatic rings. The van der Waals surface area contributed by atoms with Gasteiger partial charge in [0.05, 0.1) is 0 Å². The van der Waals surface area contributed by atoms with E-state index in [1.165, 1.54) is 12.8 Å². The number of aldehydes is 1. The Labute approximate surface area is 171 Å². The molecule has 0 amide bonds. The maximum absolute atomic E-state index is 9.23. The van der Waals surface area contributed by atoms with Crippen molar-refractivity contribution in [2.45, 2.75) is 45.8 Å². The van der Waals surface area contributed by atoms with Crippen LogP contribution in [0.5, 0.6) is 0 Å². The molecule has 2 N–H and O–H groups in total. The van der Waals surface area contributed by atoms with E-state index >= 15 is 0 Å². The van der Waals surface area contributed by atoms with Gasteiger partial charge in [0.25, 0.3) is 0 Å². The molecule has 1 saturated heterocycles. The van der Waals surface area contributed by atoms with Crippen LogP contribution in [0.4, 0.5) is 0 Å². The summed E-state index contributed by atoms with van der Waals surface area (Å²) >= 11 is 0. The van der Waals surface area contributed by atoms with Crippen LogP contribution in [-0.2, 0) is 9.53 Å². The molecule has 4 nitrogen and oxygen atoms in total. The largest absolute Gasteiger partial charge is 1.00 e. The summed E-state index contributed by atoms with van der Waals surface area (Å²) in [4.78, 5) is 9.23. The van der Waals surface area contributed by atoms with Crippen LogP contribution in [0.3, 0.4) is 0 Å². The monoisotopic (exact) mass is 318 g/mol. The molecule has 1 aliphatic rings. The fourth-order valence-electron chi connectivity index (χ4n) is 1.02. The molecule has 0 aromatic carbocycles. The van der Waals surface area contributed by atoms with E-state index in [1.54, 1.807) is 20.8 Å². The zero-order valence-corrected chi connectivity index (χ0v) is 16.4. The van der Waals surface area contributed by atoms with Crippen molar-refractivity contribution in [1.29, 1.82) is 0 Å². The smallest absolute Gasteiger partial charge is 1.00 e. The molecule has 2 atom stereocenters.